The van der Waals surface area contributed by atoms with Crippen molar-refractivity contribution in [1.82, 2.24) is 9.47 Å². The Hall–Kier alpha value is -1.71. The van der Waals surface area contributed by atoms with E-state index in [1.165, 1.54) is 35.2 Å². The fraction of sp³-hybridized carbons (Fsp3) is 0.526. The topological polar surface area (TPSA) is 63.9 Å². The molecule has 0 spiro atoms. The Balaban J connectivity index is 1.69. The minimum absolute atomic E-state index is 0.0828. The Bertz CT molecular complexity index is 903. The molecule has 0 saturated carbocycles. The average Bonchev–Trinajstić information content (AvgIpc) is 3.30. The Morgan fingerprint density at radius 2 is 2.07 bits per heavy atom. The molecular formula is C19H24FN3O3S2. The number of ether oxygens (including phenoxy) is 1. The van der Waals surface area contributed by atoms with Crippen molar-refractivity contribution in [2.75, 3.05) is 37.8 Å². The van der Waals surface area contributed by atoms with Crippen molar-refractivity contribution in [3.63, 3.8) is 0 Å². The molecule has 1 fully saturated rings. The second kappa shape index (κ2) is 10.2. The molecule has 2 amide bonds. The number of nitrogens with zero attached hydrogens (tertiary/aromatic N) is 3. The van der Waals surface area contributed by atoms with Crippen molar-refractivity contribution >= 4 is 45.1 Å². The first kappa shape index (κ1) is 21.0. The summed E-state index contributed by atoms with van der Waals surface area (Å²) in [7, 11) is 0. The summed E-state index contributed by atoms with van der Waals surface area (Å²) in [6.45, 7) is 5.17. The smallest absolute Gasteiger partial charge is 0.258 e. The van der Waals surface area contributed by atoms with Crippen molar-refractivity contribution in [3.05, 3.63) is 28.8 Å². The van der Waals surface area contributed by atoms with Crippen LogP contribution in [0.2, 0.25) is 0 Å². The van der Waals surface area contributed by atoms with Gasteiger partial charge in [-0.1, -0.05) is 11.3 Å². The van der Waals surface area contributed by atoms with Gasteiger partial charge >= 0.3 is 0 Å². The highest BCUT2D eigenvalue weighted by Crippen LogP contribution is 2.19. The Kier molecular flexibility index (Phi) is 7.64. The zero-order chi connectivity index (χ0) is 19.9. The van der Waals surface area contributed by atoms with Gasteiger partial charge in [0.25, 0.3) is 5.91 Å². The highest BCUT2D eigenvalue weighted by Gasteiger charge is 2.18. The van der Waals surface area contributed by atoms with Gasteiger partial charge in [0.1, 0.15) is 5.82 Å². The number of fused-ring (bicyclic) bond motifs is 1. The van der Waals surface area contributed by atoms with Crippen LogP contribution < -0.4 is 4.80 Å². The van der Waals surface area contributed by atoms with Crippen LogP contribution in [0, 0.1) is 5.82 Å². The molecule has 1 aliphatic heterocycles. The van der Waals surface area contributed by atoms with E-state index in [1.807, 2.05) is 16.4 Å². The Morgan fingerprint density at radius 1 is 1.29 bits per heavy atom. The maximum atomic E-state index is 13.6. The SMILES string of the molecule is CCOCCn1c(=NC(=O)CSCC(=O)N2CCCC2)sc2cc(F)ccc21. The summed E-state index contributed by atoms with van der Waals surface area (Å²) in [6.07, 6.45) is 2.11. The summed E-state index contributed by atoms with van der Waals surface area (Å²) >= 11 is 2.57. The molecule has 6 nitrogen and oxygen atoms in total. The van der Waals surface area contributed by atoms with Crippen molar-refractivity contribution in [1.29, 1.82) is 0 Å². The van der Waals surface area contributed by atoms with Crippen LogP contribution in [-0.4, -0.2) is 59.1 Å². The maximum absolute atomic E-state index is 13.6. The lowest BCUT2D eigenvalue weighted by Crippen LogP contribution is -2.29. The summed E-state index contributed by atoms with van der Waals surface area (Å²) in [6, 6.07) is 4.54. The molecule has 1 aromatic carbocycles. The number of rotatable bonds is 8. The second-order valence-corrected chi connectivity index (χ2v) is 8.43. The van der Waals surface area contributed by atoms with E-state index >= 15 is 0 Å². The molecule has 0 aliphatic carbocycles. The average molecular weight is 426 g/mol. The van der Waals surface area contributed by atoms with Gasteiger partial charge in [-0.2, -0.15) is 4.99 Å². The zero-order valence-electron chi connectivity index (χ0n) is 15.9. The first-order valence-electron chi connectivity index (χ1n) is 9.38. The van der Waals surface area contributed by atoms with E-state index in [2.05, 4.69) is 4.99 Å². The molecule has 1 saturated heterocycles. The quantitative estimate of drug-likeness (QED) is 0.610. The van der Waals surface area contributed by atoms with Gasteiger partial charge in [0.2, 0.25) is 5.91 Å². The standard InChI is InChI=1S/C19H24FN3O3S2/c1-2-26-10-9-23-15-6-5-14(20)11-16(15)28-19(23)21-17(24)12-27-13-18(25)22-7-3-4-8-22/h5-6,11H,2-4,7-10,12-13H2,1H3. The molecule has 0 N–H and O–H groups in total. The number of benzene rings is 1. The maximum Gasteiger partial charge on any atom is 0.258 e. The molecule has 0 radical (unpaired) electrons. The molecular weight excluding hydrogens is 401 g/mol. The monoisotopic (exact) mass is 425 g/mol. The molecule has 1 aliphatic rings. The van der Waals surface area contributed by atoms with Crippen LogP contribution in [-0.2, 0) is 20.9 Å². The van der Waals surface area contributed by atoms with Gasteiger partial charge in [-0.3, -0.25) is 9.59 Å². The van der Waals surface area contributed by atoms with E-state index in [0.29, 0.717) is 30.3 Å². The number of carbonyl (C=O) groups is 2. The third-order valence-corrected chi connectivity index (χ3v) is 6.38. The third kappa shape index (κ3) is 5.42. The molecule has 1 aromatic heterocycles. The van der Waals surface area contributed by atoms with Crippen LogP contribution in [0.5, 0.6) is 0 Å². The van der Waals surface area contributed by atoms with Crippen molar-refractivity contribution < 1.29 is 18.7 Å². The van der Waals surface area contributed by atoms with Crippen molar-refractivity contribution in [2.45, 2.75) is 26.3 Å². The molecule has 0 bridgehead atoms. The molecule has 9 heteroatoms. The number of amides is 2. The largest absolute Gasteiger partial charge is 0.380 e. The highest BCUT2D eigenvalue weighted by molar-refractivity contribution is 8.00. The first-order chi connectivity index (χ1) is 13.6. The summed E-state index contributed by atoms with van der Waals surface area (Å²) in [5.41, 5.74) is 0.828. The number of likely N-dealkylation sites (tertiary alicyclic amines) is 1. The predicted octanol–water partition coefficient (Wildman–Crippen LogP) is 2.66. The van der Waals surface area contributed by atoms with Crippen LogP contribution in [0.25, 0.3) is 10.2 Å². The summed E-state index contributed by atoms with van der Waals surface area (Å²) in [5.74, 6) is -0.0907. The molecule has 3 rings (SSSR count). The lowest BCUT2D eigenvalue weighted by molar-refractivity contribution is -0.127. The lowest BCUT2D eigenvalue weighted by atomic mass is 10.3. The normalized spacial score (nSPS) is 14.9. The Labute approximate surface area is 171 Å². The van der Waals surface area contributed by atoms with Crippen LogP contribution in [0.4, 0.5) is 4.39 Å². The number of hydrogen-bond donors (Lipinski definition) is 0. The highest BCUT2D eigenvalue weighted by atomic mass is 32.2. The minimum Gasteiger partial charge on any atom is -0.380 e. The van der Waals surface area contributed by atoms with Crippen molar-refractivity contribution in [3.8, 4) is 0 Å². The fourth-order valence-electron chi connectivity index (χ4n) is 3.07. The van der Waals surface area contributed by atoms with E-state index < -0.39 is 0 Å². The molecule has 0 atom stereocenters. The van der Waals surface area contributed by atoms with Crippen LogP contribution in [0.15, 0.2) is 23.2 Å². The van der Waals surface area contributed by atoms with Gasteiger partial charge in [-0.25, -0.2) is 4.39 Å². The van der Waals surface area contributed by atoms with Crippen LogP contribution in [0.1, 0.15) is 19.8 Å². The minimum atomic E-state index is -0.320. The number of aromatic nitrogens is 1. The molecule has 2 aromatic rings. The Morgan fingerprint density at radius 3 is 2.82 bits per heavy atom. The second-order valence-electron chi connectivity index (χ2n) is 6.43. The third-order valence-electron chi connectivity index (χ3n) is 4.44. The zero-order valence-corrected chi connectivity index (χ0v) is 17.5. The van der Waals surface area contributed by atoms with Gasteiger partial charge in [-0.05, 0) is 38.0 Å². The predicted molar refractivity (Wildman–Crippen MR) is 110 cm³/mol. The van der Waals surface area contributed by atoms with Gasteiger partial charge in [0, 0.05) is 26.2 Å². The summed E-state index contributed by atoms with van der Waals surface area (Å²) in [5, 5.41) is 0. The number of thiazole rings is 1. The fourth-order valence-corrected chi connectivity index (χ4v) is 4.87. The van der Waals surface area contributed by atoms with Crippen LogP contribution in [0.3, 0.4) is 0 Å². The molecule has 152 valence electrons. The van der Waals surface area contributed by atoms with Gasteiger partial charge in [-0.15, -0.1) is 11.8 Å². The number of thioether (sulfide) groups is 1. The van der Waals surface area contributed by atoms with Gasteiger partial charge < -0.3 is 14.2 Å². The van der Waals surface area contributed by atoms with E-state index in [1.54, 1.807) is 6.07 Å². The van der Waals surface area contributed by atoms with Gasteiger partial charge in [0.05, 0.1) is 28.3 Å². The van der Waals surface area contributed by atoms with E-state index in [4.69, 9.17) is 4.74 Å². The number of hydrogen-bond acceptors (Lipinski definition) is 5. The first-order valence-corrected chi connectivity index (χ1v) is 11.4. The molecule has 2 heterocycles. The number of halogens is 1. The van der Waals surface area contributed by atoms with Crippen molar-refractivity contribution in [2.24, 2.45) is 4.99 Å². The van der Waals surface area contributed by atoms with Crippen LogP contribution >= 0.6 is 23.1 Å². The van der Waals surface area contributed by atoms with E-state index in [-0.39, 0.29) is 23.4 Å². The van der Waals surface area contributed by atoms with E-state index in [9.17, 15) is 14.0 Å². The van der Waals surface area contributed by atoms with Gasteiger partial charge in [0.15, 0.2) is 4.80 Å². The summed E-state index contributed by atoms with van der Waals surface area (Å²) in [4.78, 5) is 31.0. The molecule has 0 unspecified atom stereocenters. The van der Waals surface area contributed by atoms with E-state index in [0.717, 1.165) is 36.1 Å². The molecule has 28 heavy (non-hydrogen) atoms. The lowest BCUT2D eigenvalue weighted by Gasteiger charge is -2.14. The summed E-state index contributed by atoms with van der Waals surface area (Å²) < 4.78 is 21.6. The number of carbonyl (C=O) groups excluding carboxylic acids is 2.